The number of carboxylic acids is 1. The Morgan fingerprint density at radius 3 is 2.94 bits per heavy atom. The zero-order valence-electron chi connectivity index (χ0n) is 9.96. The van der Waals surface area contributed by atoms with Crippen molar-refractivity contribution in [2.24, 2.45) is 5.92 Å². The lowest BCUT2D eigenvalue weighted by Crippen LogP contribution is -2.21. The van der Waals surface area contributed by atoms with Gasteiger partial charge in [0.15, 0.2) is 5.69 Å². The molecule has 1 aliphatic heterocycles. The topological polar surface area (TPSA) is 66.3 Å². The molecule has 0 aliphatic carbocycles. The molecule has 17 heavy (non-hydrogen) atoms. The van der Waals surface area contributed by atoms with Crippen LogP contribution in [0.2, 0.25) is 0 Å². The fourth-order valence-electron chi connectivity index (χ4n) is 2.28. The monoisotopic (exact) mass is 235 g/mol. The molecule has 1 saturated heterocycles. The number of hydrogen-bond donors (Lipinski definition) is 1. The van der Waals surface area contributed by atoms with Crippen molar-refractivity contribution in [1.29, 1.82) is 0 Å². The van der Waals surface area contributed by atoms with E-state index < -0.39 is 5.97 Å². The third kappa shape index (κ3) is 2.72. The fraction of sp³-hybridized carbons (Fsp3) is 0.583. The third-order valence-electron chi connectivity index (χ3n) is 3.16. The van der Waals surface area contributed by atoms with Crippen LogP contribution in [-0.2, 0) is 0 Å². The maximum absolute atomic E-state index is 10.7. The summed E-state index contributed by atoms with van der Waals surface area (Å²) in [5.41, 5.74) is -0.00180. The van der Waals surface area contributed by atoms with E-state index in [0.29, 0.717) is 0 Å². The highest BCUT2D eigenvalue weighted by Gasteiger charge is 2.22. The number of hydrogen-bond acceptors (Lipinski definition) is 4. The lowest BCUT2D eigenvalue weighted by molar-refractivity contribution is 0.0690. The number of carboxylic acid groups (broad SMARTS) is 1. The van der Waals surface area contributed by atoms with Crippen LogP contribution in [0.1, 0.15) is 36.7 Å². The lowest BCUT2D eigenvalue weighted by Gasteiger charge is -2.16. The summed E-state index contributed by atoms with van der Waals surface area (Å²) in [6.45, 7) is 4.20. The summed E-state index contributed by atoms with van der Waals surface area (Å²) in [5, 5.41) is 8.74. The van der Waals surface area contributed by atoms with Gasteiger partial charge in [0.1, 0.15) is 5.82 Å². The molecule has 0 amide bonds. The van der Waals surface area contributed by atoms with Gasteiger partial charge in [0.25, 0.3) is 0 Å². The molecule has 0 radical (unpaired) electrons. The molecule has 2 heterocycles. The second kappa shape index (κ2) is 5.12. The van der Waals surface area contributed by atoms with Crippen molar-refractivity contribution in [2.75, 3.05) is 18.0 Å². The average molecular weight is 235 g/mol. The highest BCUT2D eigenvalue weighted by molar-refractivity contribution is 5.84. The van der Waals surface area contributed by atoms with E-state index in [1.165, 1.54) is 25.5 Å². The van der Waals surface area contributed by atoms with Crippen molar-refractivity contribution in [1.82, 2.24) is 9.97 Å². The summed E-state index contributed by atoms with van der Waals surface area (Å²) < 4.78 is 0. The van der Waals surface area contributed by atoms with E-state index in [4.69, 9.17) is 5.11 Å². The van der Waals surface area contributed by atoms with E-state index in [0.717, 1.165) is 24.8 Å². The molecule has 0 saturated carbocycles. The number of aromatic nitrogens is 2. The smallest absolute Gasteiger partial charge is 0.356 e. The van der Waals surface area contributed by atoms with Crippen molar-refractivity contribution in [3.05, 3.63) is 18.1 Å². The Morgan fingerprint density at radius 1 is 1.53 bits per heavy atom. The van der Waals surface area contributed by atoms with Crippen LogP contribution < -0.4 is 4.90 Å². The molecule has 92 valence electrons. The Morgan fingerprint density at radius 2 is 2.35 bits per heavy atom. The van der Waals surface area contributed by atoms with Crippen molar-refractivity contribution in [3.63, 3.8) is 0 Å². The van der Waals surface area contributed by atoms with E-state index >= 15 is 0 Å². The Bertz CT molecular complexity index is 391. The first-order valence-electron chi connectivity index (χ1n) is 6.01. The van der Waals surface area contributed by atoms with Gasteiger partial charge in [0, 0.05) is 13.1 Å². The zero-order valence-corrected chi connectivity index (χ0v) is 9.96. The van der Waals surface area contributed by atoms with Gasteiger partial charge in [-0.2, -0.15) is 0 Å². The summed E-state index contributed by atoms with van der Waals surface area (Å²) >= 11 is 0. The van der Waals surface area contributed by atoms with Gasteiger partial charge in [-0.1, -0.05) is 13.3 Å². The van der Waals surface area contributed by atoms with Gasteiger partial charge >= 0.3 is 5.97 Å². The van der Waals surface area contributed by atoms with Gasteiger partial charge in [-0.3, -0.25) is 0 Å². The molecule has 5 heteroatoms. The Hall–Kier alpha value is -1.65. The number of aromatic carboxylic acids is 1. The minimum absolute atomic E-state index is 0.00180. The molecular weight excluding hydrogens is 218 g/mol. The van der Waals surface area contributed by atoms with Gasteiger partial charge < -0.3 is 10.0 Å². The maximum Gasteiger partial charge on any atom is 0.356 e. The van der Waals surface area contributed by atoms with E-state index in [9.17, 15) is 4.79 Å². The first-order chi connectivity index (χ1) is 8.20. The summed E-state index contributed by atoms with van der Waals surface area (Å²) in [7, 11) is 0. The largest absolute Gasteiger partial charge is 0.476 e. The van der Waals surface area contributed by atoms with Crippen molar-refractivity contribution in [2.45, 2.75) is 26.2 Å². The molecule has 0 aromatic carbocycles. The van der Waals surface area contributed by atoms with Gasteiger partial charge in [0.05, 0.1) is 12.4 Å². The quantitative estimate of drug-likeness (QED) is 0.862. The van der Waals surface area contributed by atoms with Crippen LogP contribution in [0.4, 0.5) is 5.82 Å². The number of anilines is 1. The van der Waals surface area contributed by atoms with Crippen LogP contribution in [0, 0.1) is 5.92 Å². The average Bonchev–Trinajstić information content (AvgIpc) is 2.78. The predicted molar refractivity (Wildman–Crippen MR) is 64.2 cm³/mol. The van der Waals surface area contributed by atoms with Gasteiger partial charge in [-0.05, 0) is 18.8 Å². The number of carbonyl (C=O) groups is 1. The first-order valence-corrected chi connectivity index (χ1v) is 6.01. The van der Waals surface area contributed by atoms with Crippen molar-refractivity contribution >= 4 is 11.8 Å². The summed E-state index contributed by atoms with van der Waals surface area (Å²) in [6, 6.07) is 0. The molecule has 1 atom stereocenters. The lowest BCUT2D eigenvalue weighted by atomic mass is 10.0. The van der Waals surface area contributed by atoms with Gasteiger partial charge in [-0.15, -0.1) is 0 Å². The maximum atomic E-state index is 10.7. The highest BCUT2D eigenvalue weighted by Crippen LogP contribution is 2.24. The molecule has 1 aliphatic rings. The van der Waals surface area contributed by atoms with Crippen molar-refractivity contribution in [3.8, 4) is 0 Å². The fourth-order valence-corrected chi connectivity index (χ4v) is 2.28. The van der Waals surface area contributed by atoms with Crippen LogP contribution in [0.3, 0.4) is 0 Å². The summed E-state index contributed by atoms with van der Waals surface area (Å²) in [6.07, 6.45) is 6.53. The number of nitrogens with zero attached hydrogens (tertiary/aromatic N) is 3. The van der Waals surface area contributed by atoms with Crippen LogP contribution in [-0.4, -0.2) is 34.1 Å². The SMILES string of the molecule is CCCC1CCN(c2cnc(C(=O)O)cn2)C1. The molecule has 1 aromatic rings. The molecule has 1 fully saturated rings. The molecule has 0 bridgehead atoms. The second-order valence-corrected chi connectivity index (χ2v) is 4.45. The zero-order chi connectivity index (χ0) is 12.3. The van der Waals surface area contributed by atoms with Gasteiger partial charge in [-0.25, -0.2) is 14.8 Å². The first kappa shape index (κ1) is 11.8. The Labute approximate surface area is 100 Å². The van der Waals surface area contributed by atoms with E-state index in [-0.39, 0.29) is 5.69 Å². The van der Waals surface area contributed by atoms with Crippen LogP contribution >= 0.6 is 0 Å². The predicted octanol–water partition coefficient (Wildman–Crippen LogP) is 1.80. The molecule has 2 rings (SSSR count). The van der Waals surface area contributed by atoms with Crippen molar-refractivity contribution < 1.29 is 9.90 Å². The van der Waals surface area contributed by atoms with E-state index in [1.54, 1.807) is 6.20 Å². The molecule has 0 spiro atoms. The second-order valence-electron chi connectivity index (χ2n) is 4.45. The van der Waals surface area contributed by atoms with E-state index in [1.807, 2.05) is 0 Å². The van der Waals surface area contributed by atoms with Crippen LogP contribution in [0.5, 0.6) is 0 Å². The molecule has 1 aromatic heterocycles. The summed E-state index contributed by atoms with van der Waals surface area (Å²) in [4.78, 5) is 20.9. The molecular formula is C12H17N3O2. The highest BCUT2D eigenvalue weighted by atomic mass is 16.4. The van der Waals surface area contributed by atoms with E-state index in [2.05, 4.69) is 21.8 Å². The molecule has 5 nitrogen and oxygen atoms in total. The third-order valence-corrected chi connectivity index (χ3v) is 3.16. The van der Waals surface area contributed by atoms with Crippen LogP contribution in [0.15, 0.2) is 12.4 Å². The Balaban J connectivity index is 2.01. The molecule has 1 N–H and O–H groups in total. The van der Waals surface area contributed by atoms with Crippen LogP contribution in [0.25, 0.3) is 0 Å². The standard InChI is InChI=1S/C12H17N3O2/c1-2-3-9-4-5-15(8-9)11-7-13-10(6-14-11)12(16)17/h6-7,9H,2-5,8H2,1H3,(H,16,17). The summed E-state index contributed by atoms with van der Waals surface area (Å²) in [5.74, 6) is 0.490. The minimum atomic E-state index is -1.03. The van der Waals surface area contributed by atoms with Gasteiger partial charge in [0.2, 0.25) is 0 Å². The minimum Gasteiger partial charge on any atom is -0.476 e. The Kier molecular flexibility index (Phi) is 3.56. The number of rotatable bonds is 4. The molecule has 1 unspecified atom stereocenters. The normalized spacial score (nSPS) is 19.6.